The zero-order chi connectivity index (χ0) is 24.0. The number of hydrogen-bond acceptors (Lipinski definition) is 7. The number of carboxylic acids is 1. The summed E-state index contributed by atoms with van der Waals surface area (Å²) in [7, 11) is -3.52. The number of carbonyl (C=O) groups is 1. The van der Waals surface area contributed by atoms with Gasteiger partial charge in [-0.3, -0.25) is 0 Å². The molecule has 2 aromatic carbocycles. The van der Waals surface area contributed by atoms with Gasteiger partial charge in [0.15, 0.2) is 15.5 Å². The summed E-state index contributed by atoms with van der Waals surface area (Å²) in [6.07, 6.45) is -3.72. The van der Waals surface area contributed by atoms with E-state index >= 15 is 0 Å². The standard InChI is InChI=1S/C20H13F3N4O5S/c1-33(30,31)12-6-4-5-11(9-12)17-24-25-18(32-17)16-10-14(19(28)29)26-27(16)15-8-3-2-7-13(15)20(21,22)23/h2-10H,1H3,(H,28,29). The molecule has 0 saturated heterocycles. The minimum Gasteiger partial charge on any atom is -0.476 e. The number of benzene rings is 2. The van der Waals surface area contributed by atoms with Crippen LogP contribution in [0, 0.1) is 0 Å². The van der Waals surface area contributed by atoms with E-state index in [2.05, 4.69) is 15.3 Å². The Labute approximate surface area is 184 Å². The minimum absolute atomic E-state index is 0.00272. The largest absolute Gasteiger partial charge is 0.476 e. The fourth-order valence-corrected chi connectivity index (χ4v) is 3.69. The molecule has 0 unspecified atom stereocenters. The van der Waals surface area contributed by atoms with E-state index < -0.39 is 38.9 Å². The van der Waals surface area contributed by atoms with Gasteiger partial charge in [-0.1, -0.05) is 18.2 Å². The van der Waals surface area contributed by atoms with Crippen LogP contribution in [-0.4, -0.2) is 45.7 Å². The number of hydrogen-bond donors (Lipinski definition) is 1. The Morgan fingerprint density at radius 1 is 1.03 bits per heavy atom. The van der Waals surface area contributed by atoms with E-state index in [4.69, 9.17) is 4.42 Å². The first-order valence-corrected chi connectivity index (χ1v) is 11.0. The Morgan fingerprint density at radius 3 is 2.39 bits per heavy atom. The summed E-state index contributed by atoms with van der Waals surface area (Å²) in [4.78, 5) is 11.4. The Balaban J connectivity index is 1.86. The fourth-order valence-electron chi connectivity index (χ4n) is 3.02. The number of sulfone groups is 1. The van der Waals surface area contributed by atoms with E-state index in [-0.39, 0.29) is 27.9 Å². The van der Waals surface area contributed by atoms with Gasteiger partial charge in [0.1, 0.15) is 5.69 Å². The molecule has 0 spiro atoms. The molecule has 170 valence electrons. The lowest BCUT2D eigenvalue weighted by Gasteiger charge is -2.13. The van der Waals surface area contributed by atoms with Crippen LogP contribution in [0.4, 0.5) is 13.2 Å². The first-order valence-electron chi connectivity index (χ1n) is 9.09. The van der Waals surface area contributed by atoms with E-state index in [1.807, 2.05) is 0 Å². The van der Waals surface area contributed by atoms with Crippen molar-refractivity contribution in [2.75, 3.05) is 6.26 Å². The van der Waals surface area contributed by atoms with Crippen molar-refractivity contribution in [3.05, 3.63) is 65.9 Å². The number of rotatable bonds is 5. The van der Waals surface area contributed by atoms with Crippen LogP contribution < -0.4 is 0 Å². The van der Waals surface area contributed by atoms with Crippen molar-refractivity contribution in [3.63, 3.8) is 0 Å². The molecule has 2 aromatic heterocycles. The molecule has 4 rings (SSSR count). The Bertz CT molecular complexity index is 1470. The van der Waals surface area contributed by atoms with Gasteiger partial charge >= 0.3 is 12.1 Å². The van der Waals surface area contributed by atoms with Crippen molar-refractivity contribution in [1.82, 2.24) is 20.0 Å². The van der Waals surface area contributed by atoms with Crippen LogP contribution in [0.25, 0.3) is 28.7 Å². The molecular formula is C20H13F3N4O5S. The Kier molecular flexibility index (Phi) is 5.28. The van der Waals surface area contributed by atoms with Crippen molar-refractivity contribution >= 4 is 15.8 Å². The second kappa shape index (κ2) is 7.85. The molecule has 0 saturated carbocycles. The average molecular weight is 478 g/mol. The molecular weight excluding hydrogens is 465 g/mol. The molecule has 1 N–H and O–H groups in total. The molecule has 0 radical (unpaired) electrons. The van der Waals surface area contributed by atoms with Crippen LogP contribution in [0.1, 0.15) is 16.1 Å². The molecule has 9 nitrogen and oxygen atoms in total. The summed E-state index contributed by atoms with van der Waals surface area (Å²) < 4.78 is 70.5. The molecule has 0 fully saturated rings. The first-order chi connectivity index (χ1) is 15.4. The maximum Gasteiger partial charge on any atom is 0.418 e. The zero-order valence-corrected chi connectivity index (χ0v) is 17.4. The van der Waals surface area contributed by atoms with Crippen molar-refractivity contribution in [3.8, 4) is 28.7 Å². The third-order valence-corrected chi connectivity index (χ3v) is 5.63. The normalized spacial score (nSPS) is 12.1. The van der Waals surface area contributed by atoms with Crippen molar-refractivity contribution in [2.24, 2.45) is 0 Å². The second-order valence-electron chi connectivity index (χ2n) is 6.86. The SMILES string of the molecule is CS(=O)(=O)c1cccc(-c2nnc(-c3cc(C(=O)O)nn3-c3ccccc3C(F)(F)F)o2)c1. The Morgan fingerprint density at radius 2 is 1.73 bits per heavy atom. The van der Waals surface area contributed by atoms with E-state index in [1.54, 1.807) is 0 Å². The summed E-state index contributed by atoms with van der Waals surface area (Å²) in [5, 5.41) is 20.7. The number of halogens is 3. The molecule has 2 heterocycles. The van der Waals surface area contributed by atoms with Crippen LogP contribution in [0.3, 0.4) is 0 Å². The lowest BCUT2D eigenvalue weighted by Crippen LogP contribution is -2.12. The minimum atomic E-state index is -4.74. The van der Waals surface area contributed by atoms with Gasteiger partial charge < -0.3 is 9.52 Å². The van der Waals surface area contributed by atoms with Crippen LogP contribution in [-0.2, 0) is 16.0 Å². The fraction of sp³-hybridized carbons (Fsp3) is 0.100. The number of carboxylic acid groups (broad SMARTS) is 1. The number of nitrogens with zero attached hydrogens (tertiary/aromatic N) is 4. The van der Waals surface area contributed by atoms with Crippen LogP contribution in [0.15, 0.2) is 63.9 Å². The smallest absolute Gasteiger partial charge is 0.418 e. The number of alkyl halides is 3. The van der Waals surface area contributed by atoms with E-state index in [1.165, 1.54) is 36.4 Å². The van der Waals surface area contributed by atoms with Gasteiger partial charge in [0, 0.05) is 17.9 Å². The van der Waals surface area contributed by atoms with Gasteiger partial charge in [0.05, 0.1) is 16.1 Å². The maximum atomic E-state index is 13.5. The van der Waals surface area contributed by atoms with Gasteiger partial charge in [-0.25, -0.2) is 17.9 Å². The molecule has 0 amide bonds. The van der Waals surface area contributed by atoms with Gasteiger partial charge in [-0.15, -0.1) is 10.2 Å². The van der Waals surface area contributed by atoms with Crippen molar-refractivity contribution in [1.29, 1.82) is 0 Å². The summed E-state index contributed by atoms with van der Waals surface area (Å²) in [6, 6.07) is 11.1. The number of para-hydroxylation sites is 1. The molecule has 13 heteroatoms. The van der Waals surface area contributed by atoms with Gasteiger partial charge in [-0.05, 0) is 30.3 Å². The highest BCUT2D eigenvalue weighted by atomic mass is 32.2. The lowest BCUT2D eigenvalue weighted by molar-refractivity contribution is -0.137. The van der Waals surface area contributed by atoms with E-state index in [0.29, 0.717) is 0 Å². The van der Waals surface area contributed by atoms with Crippen molar-refractivity contribution < 1.29 is 35.9 Å². The quantitative estimate of drug-likeness (QED) is 0.460. The highest BCUT2D eigenvalue weighted by molar-refractivity contribution is 7.90. The van der Waals surface area contributed by atoms with E-state index in [9.17, 15) is 31.5 Å². The molecule has 0 aliphatic rings. The predicted molar refractivity (Wildman–Crippen MR) is 107 cm³/mol. The van der Waals surface area contributed by atoms with Gasteiger partial charge in [-0.2, -0.15) is 18.3 Å². The summed E-state index contributed by atoms with van der Waals surface area (Å²) >= 11 is 0. The summed E-state index contributed by atoms with van der Waals surface area (Å²) in [5.74, 6) is -1.91. The first kappa shape index (κ1) is 22.2. The third kappa shape index (κ3) is 4.35. The van der Waals surface area contributed by atoms with Gasteiger partial charge in [0.25, 0.3) is 5.89 Å². The molecule has 0 aliphatic heterocycles. The summed E-state index contributed by atoms with van der Waals surface area (Å²) in [5.41, 5.74) is -1.97. The number of aromatic carboxylic acids is 1. The van der Waals surface area contributed by atoms with E-state index in [0.717, 1.165) is 29.1 Å². The molecule has 0 aliphatic carbocycles. The van der Waals surface area contributed by atoms with Crippen LogP contribution >= 0.6 is 0 Å². The topological polar surface area (TPSA) is 128 Å². The zero-order valence-electron chi connectivity index (χ0n) is 16.6. The molecule has 0 atom stereocenters. The third-order valence-electron chi connectivity index (χ3n) is 4.52. The van der Waals surface area contributed by atoms with Crippen LogP contribution in [0.2, 0.25) is 0 Å². The van der Waals surface area contributed by atoms with Crippen molar-refractivity contribution in [2.45, 2.75) is 11.1 Å². The highest BCUT2D eigenvalue weighted by Crippen LogP contribution is 2.36. The van der Waals surface area contributed by atoms with Gasteiger partial charge in [0.2, 0.25) is 5.89 Å². The maximum absolute atomic E-state index is 13.5. The average Bonchev–Trinajstić information content (AvgIpc) is 3.40. The predicted octanol–water partition coefficient (Wildman–Crippen LogP) is 3.71. The second-order valence-corrected chi connectivity index (χ2v) is 8.87. The summed E-state index contributed by atoms with van der Waals surface area (Å²) in [6.45, 7) is 0. The van der Waals surface area contributed by atoms with Crippen LogP contribution in [0.5, 0.6) is 0 Å². The molecule has 0 bridgehead atoms. The Hall–Kier alpha value is -4.00. The number of aromatic nitrogens is 4. The lowest BCUT2D eigenvalue weighted by atomic mass is 10.1. The molecule has 33 heavy (non-hydrogen) atoms. The molecule has 4 aromatic rings. The highest BCUT2D eigenvalue weighted by Gasteiger charge is 2.35. The monoisotopic (exact) mass is 478 g/mol.